The number of nitrogens with one attached hydrogen (secondary N) is 3. The summed E-state index contributed by atoms with van der Waals surface area (Å²) in [5, 5.41) is 14.2. The zero-order chi connectivity index (χ0) is 20.7. The minimum atomic E-state index is -3.67. The monoisotopic (exact) mass is 414 g/mol. The van der Waals surface area contributed by atoms with Gasteiger partial charge in [-0.2, -0.15) is 0 Å². The summed E-state index contributed by atoms with van der Waals surface area (Å²) in [6, 6.07) is 13.8. The van der Waals surface area contributed by atoms with Crippen molar-refractivity contribution >= 4 is 27.5 Å². The summed E-state index contributed by atoms with van der Waals surface area (Å²) in [5.74, 6) is 2.07. The predicted molar refractivity (Wildman–Crippen MR) is 111 cm³/mol. The molecule has 0 saturated carbocycles. The Hall–Kier alpha value is -3.24. The molecule has 3 N–H and O–H groups in total. The first-order valence-corrected chi connectivity index (χ1v) is 10.4. The first kappa shape index (κ1) is 20.5. The van der Waals surface area contributed by atoms with Gasteiger partial charge in [0.25, 0.3) is 0 Å². The van der Waals surface area contributed by atoms with Crippen molar-refractivity contribution in [1.82, 2.24) is 19.9 Å². The van der Waals surface area contributed by atoms with Gasteiger partial charge in [0.2, 0.25) is 10.0 Å². The van der Waals surface area contributed by atoms with Gasteiger partial charge in [0.05, 0.1) is 7.11 Å². The molecule has 0 unspecified atom stereocenters. The van der Waals surface area contributed by atoms with Gasteiger partial charge >= 0.3 is 0 Å². The summed E-state index contributed by atoms with van der Waals surface area (Å²) in [5.41, 5.74) is 1.09. The molecule has 10 heteroatoms. The number of hydrogen-bond donors (Lipinski definition) is 3. The largest absolute Gasteiger partial charge is 0.495 e. The van der Waals surface area contributed by atoms with Crippen LogP contribution in [0, 0.1) is 6.92 Å². The normalized spacial score (nSPS) is 11.1. The van der Waals surface area contributed by atoms with Crippen LogP contribution in [0.5, 0.6) is 5.75 Å². The average Bonchev–Trinajstić information content (AvgIpc) is 2.72. The zero-order valence-corrected chi connectivity index (χ0v) is 16.9. The Morgan fingerprint density at radius 3 is 2.45 bits per heavy atom. The summed E-state index contributed by atoms with van der Waals surface area (Å²) in [4.78, 5) is 4.31. The number of hydrogen-bond acceptors (Lipinski definition) is 8. The van der Waals surface area contributed by atoms with Crippen LogP contribution >= 0.6 is 0 Å². The van der Waals surface area contributed by atoms with E-state index in [2.05, 4.69) is 30.5 Å². The predicted octanol–water partition coefficient (Wildman–Crippen LogP) is 2.32. The maximum absolute atomic E-state index is 12.4. The minimum Gasteiger partial charge on any atom is -0.495 e. The smallest absolute Gasteiger partial charge is 0.244 e. The Morgan fingerprint density at radius 2 is 1.72 bits per heavy atom. The van der Waals surface area contributed by atoms with Crippen LogP contribution < -0.4 is 20.1 Å². The fourth-order valence-corrected chi connectivity index (χ4v) is 3.72. The van der Waals surface area contributed by atoms with Gasteiger partial charge in [0.15, 0.2) is 5.82 Å². The van der Waals surface area contributed by atoms with E-state index in [1.165, 1.54) is 13.2 Å². The minimum absolute atomic E-state index is 0.0995. The molecule has 0 aliphatic rings. The quantitative estimate of drug-likeness (QED) is 0.457. The molecule has 0 spiro atoms. The molecule has 0 bridgehead atoms. The van der Waals surface area contributed by atoms with Gasteiger partial charge in [0.1, 0.15) is 22.3 Å². The molecule has 0 aliphatic carbocycles. The fourth-order valence-electron chi connectivity index (χ4n) is 2.52. The third kappa shape index (κ3) is 5.62. The molecule has 3 rings (SSSR count). The molecule has 152 valence electrons. The first-order chi connectivity index (χ1) is 14.0. The Labute approximate surface area is 169 Å². The number of para-hydroxylation sites is 1. The van der Waals surface area contributed by atoms with Crippen LogP contribution in [0.1, 0.15) is 5.56 Å². The molecule has 2 aromatic heterocycles. The number of aromatic nitrogens is 3. The van der Waals surface area contributed by atoms with Gasteiger partial charge in [-0.3, -0.25) is 0 Å². The van der Waals surface area contributed by atoms with Crippen molar-refractivity contribution < 1.29 is 13.2 Å². The van der Waals surface area contributed by atoms with Crippen LogP contribution in [-0.4, -0.2) is 43.8 Å². The lowest BCUT2D eigenvalue weighted by atomic mass is 10.3. The summed E-state index contributed by atoms with van der Waals surface area (Å²) < 4.78 is 32.4. The standard InChI is InChI=1S/C19H22N6O3S/c1-14-9-10-20-19(13-14)23-18-8-7-17(24-25-18)21-11-12-22-29(26,27)16-6-4-3-5-15(16)28-2/h3-10,13,22H,11-12H2,1-2H3,(H,21,24)(H,20,23,25). The van der Waals surface area contributed by atoms with E-state index in [0.717, 1.165) is 5.56 Å². The molecule has 3 aromatic rings. The Bertz CT molecular complexity index is 1060. The van der Waals surface area contributed by atoms with Crippen molar-refractivity contribution in [2.75, 3.05) is 30.8 Å². The van der Waals surface area contributed by atoms with E-state index in [1.807, 2.05) is 19.1 Å². The van der Waals surface area contributed by atoms with Gasteiger partial charge < -0.3 is 15.4 Å². The van der Waals surface area contributed by atoms with Gasteiger partial charge in [-0.15, -0.1) is 10.2 Å². The second-order valence-electron chi connectivity index (χ2n) is 6.12. The lowest BCUT2D eigenvalue weighted by molar-refractivity contribution is 0.402. The summed E-state index contributed by atoms with van der Waals surface area (Å²) >= 11 is 0. The molecule has 9 nitrogen and oxygen atoms in total. The van der Waals surface area contributed by atoms with Gasteiger partial charge in [0, 0.05) is 19.3 Å². The molecule has 0 amide bonds. The van der Waals surface area contributed by atoms with Gasteiger partial charge in [-0.25, -0.2) is 18.1 Å². The first-order valence-electron chi connectivity index (χ1n) is 8.88. The number of pyridine rings is 1. The highest BCUT2D eigenvalue weighted by Crippen LogP contribution is 2.22. The van der Waals surface area contributed by atoms with Crippen molar-refractivity contribution in [3.8, 4) is 5.75 Å². The van der Waals surface area contributed by atoms with Crippen molar-refractivity contribution in [3.05, 3.63) is 60.3 Å². The van der Waals surface area contributed by atoms with Crippen LogP contribution in [0.3, 0.4) is 0 Å². The summed E-state index contributed by atoms with van der Waals surface area (Å²) in [7, 11) is -2.24. The van der Waals surface area contributed by atoms with Crippen molar-refractivity contribution in [1.29, 1.82) is 0 Å². The second kappa shape index (κ2) is 9.30. The number of sulfonamides is 1. The maximum atomic E-state index is 12.4. The SMILES string of the molecule is COc1ccccc1S(=O)(=O)NCCNc1ccc(Nc2cc(C)ccn2)nn1. The van der Waals surface area contributed by atoms with Crippen LogP contribution in [0.4, 0.5) is 17.5 Å². The number of nitrogens with zero attached hydrogens (tertiary/aromatic N) is 3. The van der Waals surface area contributed by atoms with E-state index in [0.29, 0.717) is 29.7 Å². The number of aryl methyl sites for hydroxylation is 1. The molecule has 0 fully saturated rings. The highest BCUT2D eigenvalue weighted by molar-refractivity contribution is 7.89. The number of methoxy groups -OCH3 is 1. The Kier molecular flexibility index (Phi) is 6.57. The molecule has 0 saturated heterocycles. The van der Waals surface area contributed by atoms with Gasteiger partial charge in [-0.1, -0.05) is 12.1 Å². The maximum Gasteiger partial charge on any atom is 0.244 e. The average molecular weight is 414 g/mol. The van der Waals surface area contributed by atoms with Gasteiger partial charge in [-0.05, 0) is 48.9 Å². The molecule has 0 aliphatic heterocycles. The van der Waals surface area contributed by atoms with E-state index >= 15 is 0 Å². The van der Waals surface area contributed by atoms with E-state index < -0.39 is 10.0 Å². The van der Waals surface area contributed by atoms with Crippen molar-refractivity contribution in [2.24, 2.45) is 0 Å². The number of benzene rings is 1. The van der Waals surface area contributed by atoms with E-state index in [-0.39, 0.29) is 11.4 Å². The summed E-state index contributed by atoms with van der Waals surface area (Å²) in [6.07, 6.45) is 1.72. The molecule has 29 heavy (non-hydrogen) atoms. The number of anilines is 3. The number of rotatable bonds is 9. The summed E-state index contributed by atoms with van der Waals surface area (Å²) in [6.45, 7) is 2.50. The molecule has 2 heterocycles. The molecule has 1 aromatic carbocycles. The second-order valence-corrected chi connectivity index (χ2v) is 7.86. The van der Waals surface area contributed by atoms with E-state index in [4.69, 9.17) is 4.74 Å². The molecular weight excluding hydrogens is 392 g/mol. The third-order valence-electron chi connectivity index (χ3n) is 3.92. The van der Waals surface area contributed by atoms with Crippen LogP contribution in [0.2, 0.25) is 0 Å². The highest BCUT2D eigenvalue weighted by atomic mass is 32.2. The van der Waals surface area contributed by atoms with E-state index in [9.17, 15) is 8.42 Å². The lowest BCUT2D eigenvalue weighted by Gasteiger charge is -2.11. The molecule has 0 radical (unpaired) electrons. The van der Waals surface area contributed by atoms with Crippen LogP contribution in [0.25, 0.3) is 0 Å². The van der Waals surface area contributed by atoms with Crippen molar-refractivity contribution in [3.63, 3.8) is 0 Å². The Balaban J connectivity index is 1.50. The van der Waals surface area contributed by atoms with Crippen LogP contribution in [0.15, 0.2) is 59.6 Å². The molecule has 0 atom stereocenters. The highest BCUT2D eigenvalue weighted by Gasteiger charge is 2.18. The fraction of sp³-hybridized carbons (Fsp3) is 0.211. The Morgan fingerprint density at radius 1 is 0.966 bits per heavy atom. The zero-order valence-electron chi connectivity index (χ0n) is 16.1. The van der Waals surface area contributed by atoms with E-state index in [1.54, 1.807) is 36.5 Å². The number of ether oxygens (including phenoxy) is 1. The van der Waals surface area contributed by atoms with Crippen molar-refractivity contribution in [2.45, 2.75) is 11.8 Å². The third-order valence-corrected chi connectivity index (χ3v) is 5.42. The lowest BCUT2D eigenvalue weighted by Crippen LogP contribution is -2.29. The van der Waals surface area contributed by atoms with Crippen LogP contribution in [-0.2, 0) is 10.0 Å². The molecular formula is C19H22N6O3S. The topological polar surface area (TPSA) is 118 Å².